The minimum absolute atomic E-state index is 0.0708. The lowest BCUT2D eigenvalue weighted by Gasteiger charge is -2.25. The number of nitrogens with one attached hydrogen (secondary N) is 2. The van der Waals surface area contributed by atoms with Crippen molar-refractivity contribution in [2.24, 2.45) is 0 Å². The summed E-state index contributed by atoms with van der Waals surface area (Å²) in [7, 11) is -3.65. The van der Waals surface area contributed by atoms with Crippen LogP contribution in [0.4, 0.5) is 0 Å². The van der Waals surface area contributed by atoms with Crippen LogP contribution in [0.15, 0.2) is 59.9 Å². The van der Waals surface area contributed by atoms with Crippen LogP contribution in [0.25, 0.3) is 5.69 Å². The molecule has 1 aliphatic rings. The number of sulfonamides is 1. The fourth-order valence-corrected chi connectivity index (χ4v) is 4.56. The standard InChI is InChI=1S/C19H21N5O4S/c25-19(21-13-15-4-1-2-5-18(15)24-7-3-6-22-24)17-12-16(14-20-17)29(26,27)23-8-10-28-11-9-23/h1-7,12,14,20H,8-11,13H2,(H,21,25). The molecule has 3 aromatic rings. The van der Waals surface area contributed by atoms with E-state index in [2.05, 4.69) is 15.4 Å². The Hall–Kier alpha value is -2.95. The van der Waals surface area contributed by atoms with Crippen LogP contribution in [0, 0.1) is 0 Å². The van der Waals surface area contributed by atoms with Gasteiger partial charge in [-0.1, -0.05) is 18.2 Å². The SMILES string of the molecule is O=C(NCc1ccccc1-n1cccn1)c1cc(S(=O)(=O)N2CCOCC2)c[nH]1. The Balaban J connectivity index is 1.46. The number of para-hydroxylation sites is 1. The monoisotopic (exact) mass is 415 g/mol. The van der Waals surface area contributed by atoms with Gasteiger partial charge in [0.1, 0.15) is 10.6 Å². The molecule has 0 saturated carbocycles. The first-order valence-corrected chi connectivity index (χ1v) is 10.6. The van der Waals surface area contributed by atoms with E-state index in [1.807, 2.05) is 36.5 Å². The summed E-state index contributed by atoms with van der Waals surface area (Å²) in [6, 6.07) is 10.8. The molecule has 1 aromatic carbocycles. The fourth-order valence-electron chi connectivity index (χ4n) is 3.16. The number of amides is 1. The molecule has 10 heteroatoms. The molecule has 4 rings (SSSR count). The molecule has 2 N–H and O–H groups in total. The highest BCUT2D eigenvalue weighted by atomic mass is 32.2. The number of carbonyl (C=O) groups is 1. The first-order chi connectivity index (χ1) is 14.1. The van der Waals surface area contributed by atoms with Gasteiger partial charge in [0, 0.05) is 38.2 Å². The molecule has 0 spiro atoms. The summed E-state index contributed by atoms with van der Waals surface area (Å²) in [5.74, 6) is -0.385. The summed E-state index contributed by atoms with van der Waals surface area (Å²) in [5.41, 5.74) is 1.94. The third kappa shape index (κ3) is 4.09. The topological polar surface area (TPSA) is 109 Å². The maximum Gasteiger partial charge on any atom is 0.268 e. The molecule has 0 atom stereocenters. The zero-order chi connectivity index (χ0) is 20.3. The number of carbonyl (C=O) groups excluding carboxylic acids is 1. The van der Waals surface area contributed by atoms with Gasteiger partial charge in [-0.2, -0.15) is 9.40 Å². The van der Waals surface area contributed by atoms with E-state index in [0.717, 1.165) is 11.3 Å². The summed E-state index contributed by atoms with van der Waals surface area (Å²) in [6.45, 7) is 1.62. The number of aromatic nitrogens is 3. The van der Waals surface area contributed by atoms with Gasteiger partial charge in [0.2, 0.25) is 10.0 Å². The van der Waals surface area contributed by atoms with E-state index in [9.17, 15) is 13.2 Å². The van der Waals surface area contributed by atoms with Gasteiger partial charge < -0.3 is 15.0 Å². The number of ether oxygens (including phenoxy) is 1. The Morgan fingerprint density at radius 2 is 2.00 bits per heavy atom. The van der Waals surface area contributed by atoms with Crippen LogP contribution in [-0.4, -0.2) is 59.7 Å². The summed E-state index contributed by atoms with van der Waals surface area (Å²) in [6.07, 6.45) is 4.86. The molecule has 9 nitrogen and oxygen atoms in total. The Morgan fingerprint density at radius 1 is 1.21 bits per heavy atom. The Kier molecular flexibility index (Phi) is 5.47. The maximum atomic E-state index is 12.7. The smallest absolute Gasteiger partial charge is 0.268 e. The summed E-state index contributed by atoms with van der Waals surface area (Å²) in [4.78, 5) is 15.4. The van der Waals surface area contributed by atoms with Crippen LogP contribution in [0.2, 0.25) is 0 Å². The van der Waals surface area contributed by atoms with Crippen molar-refractivity contribution in [3.8, 4) is 5.69 Å². The van der Waals surface area contributed by atoms with Crippen molar-refractivity contribution < 1.29 is 17.9 Å². The van der Waals surface area contributed by atoms with Crippen molar-refractivity contribution in [2.45, 2.75) is 11.4 Å². The molecule has 152 valence electrons. The zero-order valence-corrected chi connectivity index (χ0v) is 16.4. The quantitative estimate of drug-likeness (QED) is 0.628. The molecule has 1 saturated heterocycles. The summed E-state index contributed by atoms with van der Waals surface area (Å²) >= 11 is 0. The van der Waals surface area contributed by atoms with Gasteiger partial charge in [-0.3, -0.25) is 4.79 Å². The van der Waals surface area contributed by atoms with Crippen molar-refractivity contribution in [3.05, 3.63) is 66.2 Å². The molecule has 29 heavy (non-hydrogen) atoms. The molecule has 1 fully saturated rings. The lowest BCUT2D eigenvalue weighted by molar-refractivity contribution is 0.0730. The van der Waals surface area contributed by atoms with E-state index >= 15 is 0 Å². The second-order valence-corrected chi connectivity index (χ2v) is 8.47. The van der Waals surface area contributed by atoms with Gasteiger partial charge in [-0.05, 0) is 23.8 Å². The first kappa shape index (κ1) is 19.4. The second kappa shape index (κ2) is 8.19. The van der Waals surface area contributed by atoms with Crippen molar-refractivity contribution in [1.29, 1.82) is 0 Å². The normalized spacial score (nSPS) is 15.3. The van der Waals surface area contributed by atoms with E-state index in [1.54, 1.807) is 10.9 Å². The molecule has 3 heterocycles. The summed E-state index contributed by atoms with van der Waals surface area (Å²) < 4.78 is 33.7. The van der Waals surface area contributed by atoms with Crippen LogP contribution < -0.4 is 5.32 Å². The average molecular weight is 415 g/mol. The van der Waals surface area contributed by atoms with Gasteiger partial charge in [-0.15, -0.1) is 0 Å². The molecule has 0 unspecified atom stereocenters. The minimum atomic E-state index is -3.65. The van der Waals surface area contributed by atoms with E-state index in [1.165, 1.54) is 16.6 Å². The highest BCUT2D eigenvalue weighted by Gasteiger charge is 2.28. The van der Waals surface area contributed by atoms with Crippen LogP contribution in [0.3, 0.4) is 0 Å². The zero-order valence-electron chi connectivity index (χ0n) is 15.6. The largest absolute Gasteiger partial charge is 0.379 e. The molecular weight excluding hydrogens is 394 g/mol. The Labute approximate surface area is 168 Å². The fraction of sp³-hybridized carbons (Fsp3) is 0.263. The number of hydrogen-bond acceptors (Lipinski definition) is 5. The molecule has 0 aliphatic carbocycles. The predicted octanol–water partition coefficient (Wildman–Crippen LogP) is 1.15. The maximum absolute atomic E-state index is 12.7. The number of nitrogens with zero attached hydrogens (tertiary/aromatic N) is 3. The van der Waals surface area contributed by atoms with E-state index in [4.69, 9.17) is 4.74 Å². The third-order valence-corrected chi connectivity index (χ3v) is 6.57. The van der Waals surface area contributed by atoms with E-state index < -0.39 is 10.0 Å². The molecule has 2 aromatic heterocycles. The molecule has 1 aliphatic heterocycles. The lowest BCUT2D eigenvalue weighted by atomic mass is 10.1. The molecule has 0 bridgehead atoms. The Bertz CT molecular complexity index is 1090. The number of rotatable bonds is 6. The number of H-pyrrole nitrogens is 1. The van der Waals surface area contributed by atoms with E-state index in [0.29, 0.717) is 26.3 Å². The van der Waals surface area contributed by atoms with Crippen LogP contribution in [0.1, 0.15) is 16.1 Å². The van der Waals surface area contributed by atoms with E-state index in [-0.39, 0.29) is 23.0 Å². The number of benzene rings is 1. The minimum Gasteiger partial charge on any atom is -0.379 e. The second-order valence-electron chi connectivity index (χ2n) is 6.53. The van der Waals surface area contributed by atoms with Crippen molar-refractivity contribution in [3.63, 3.8) is 0 Å². The number of hydrogen-bond donors (Lipinski definition) is 2. The third-order valence-electron chi connectivity index (χ3n) is 4.69. The van der Waals surface area contributed by atoms with Crippen LogP contribution in [0.5, 0.6) is 0 Å². The van der Waals surface area contributed by atoms with Gasteiger partial charge >= 0.3 is 0 Å². The van der Waals surface area contributed by atoms with Crippen molar-refractivity contribution >= 4 is 15.9 Å². The number of aromatic amines is 1. The average Bonchev–Trinajstić information content (AvgIpc) is 3.45. The van der Waals surface area contributed by atoms with Crippen molar-refractivity contribution in [2.75, 3.05) is 26.3 Å². The summed E-state index contributed by atoms with van der Waals surface area (Å²) in [5, 5.41) is 7.05. The van der Waals surface area contributed by atoms with Gasteiger partial charge in [0.25, 0.3) is 5.91 Å². The molecule has 0 radical (unpaired) electrons. The van der Waals surface area contributed by atoms with Crippen LogP contribution >= 0.6 is 0 Å². The van der Waals surface area contributed by atoms with Crippen molar-refractivity contribution in [1.82, 2.24) is 24.4 Å². The van der Waals surface area contributed by atoms with Gasteiger partial charge in [0.15, 0.2) is 0 Å². The molecule has 1 amide bonds. The lowest BCUT2D eigenvalue weighted by Crippen LogP contribution is -2.40. The van der Waals surface area contributed by atoms with Crippen LogP contribution in [-0.2, 0) is 21.3 Å². The Morgan fingerprint density at radius 3 is 2.76 bits per heavy atom. The predicted molar refractivity (Wildman–Crippen MR) is 105 cm³/mol. The highest BCUT2D eigenvalue weighted by Crippen LogP contribution is 2.18. The highest BCUT2D eigenvalue weighted by molar-refractivity contribution is 7.89. The van der Waals surface area contributed by atoms with Gasteiger partial charge in [-0.25, -0.2) is 13.1 Å². The molecular formula is C19H21N5O4S. The number of morpholine rings is 1. The van der Waals surface area contributed by atoms with Gasteiger partial charge in [0.05, 0.1) is 18.9 Å². The first-order valence-electron chi connectivity index (χ1n) is 9.18.